The molecule has 0 unspecified atom stereocenters. The van der Waals surface area contributed by atoms with Crippen molar-refractivity contribution in [3.8, 4) is 5.75 Å². The Balaban J connectivity index is 2.70. The van der Waals surface area contributed by atoms with Crippen LogP contribution in [0.2, 0.25) is 36.3 Å². The molecule has 0 aliphatic rings. The second-order valence-electron chi connectivity index (χ2n) is 6.52. The standard InChI is InChI=1S/C19H36O2Si2/c1-7-22(8-2,9-3)20-17-18-13-15-19(16-14-18)21-23(10-4,11-5)12-6/h13-16H,7-12,17H2,1-6H3. The summed E-state index contributed by atoms with van der Waals surface area (Å²) in [6.45, 7) is 14.4. The Morgan fingerprint density at radius 2 is 1.09 bits per heavy atom. The fourth-order valence-corrected chi connectivity index (χ4v) is 8.32. The topological polar surface area (TPSA) is 18.5 Å². The van der Waals surface area contributed by atoms with E-state index in [9.17, 15) is 0 Å². The van der Waals surface area contributed by atoms with Gasteiger partial charge in [0.05, 0.1) is 6.61 Å². The molecule has 1 aromatic rings. The van der Waals surface area contributed by atoms with Crippen LogP contribution in [0.25, 0.3) is 0 Å². The highest BCUT2D eigenvalue weighted by Crippen LogP contribution is 2.27. The van der Waals surface area contributed by atoms with E-state index in [2.05, 4.69) is 65.8 Å². The molecular weight excluding hydrogens is 316 g/mol. The molecule has 0 fully saturated rings. The smallest absolute Gasteiger partial charge is 0.250 e. The van der Waals surface area contributed by atoms with Crippen molar-refractivity contribution in [3.63, 3.8) is 0 Å². The molecule has 0 N–H and O–H groups in total. The van der Waals surface area contributed by atoms with Gasteiger partial charge in [-0.3, -0.25) is 0 Å². The van der Waals surface area contributed by atoms with Crippen molar-refractivity contribution >= 4 is 16.6 Å². The highest BCUT2D eigenvalue weighted by atomic mass is 28.4. The summed E-state index contributed by atoms with van der Waals surface area (Å²) in [5.41, 5.74) is 1.27. The molecule has 0 atom stereocenters. The van der Waals surface area contributed by atoms with E-state index in [1.165, 1.54) is 41.8 Å². The summed E-state index contributed by atoms with van der Waals surface area (Å²) in [5.74, 6) is 1.04. The summed E-state index contributed by atoms with van der Waals surface area (Å²) in [5, 5.41) is 0. The third-order valence-corrected chi connectivity index (χ3v) is 14.8. The zero-order valence-corrected chi connectivity index (χ0v) is 18.1. The minimum Gasteiger partial charge on any atom is -0.544 e. The van der Waals surface area contributed by atoms with E-state index in [-0.39, 0.29) is 0 Å². The Bertz CT molecular complexity index is 421. The maximum atomic E-state index is 6.42. The predicted molar refractivity (Wildman–Crippen MR) is 106 cm³/mol. The molecule has 0 aromatic heterocycles. The first-order chi connectivity index (χ1) is 11.0. The first kappa shape index (κ1) is 20.5. The van der Waals surface area contributed by atoms with Crippen LogP contribution in [-0.4, -0.2) is 16.6 Å². The lowest BCUT2D eigenvalue weighted by atomic mass is 10.2. The highest BCUT2D eigenvalue weighted by Gasteiger charge is 2.31. The number of hydrogen-bond donors (Lipinski definition) is 0. The average molecular weight is 353 g/mol. The van der Waals surface area contributed by atoms with Gasteiger partial charge in [-0.25, -0.2) is 0 Å². The molecule has 0 bridgehead atoms. The first-order valence-corrected chi connectivity index (χ1v) is 14.5. The van der Waals surface area contributed by atoms with Crippen LogP contribution >= 0.6 is 0 Å². The summed E-state index contributed by atoms with van der Waals surface area (Å²) in [4.78, 5) is 0. The van der Waals surface area contributed by atoms with Gasteiger partial charge in [0, 0.05) is 0 Å². The van der Waals surface area contributed by atoms with Gasteiger partial charge in [0.2, 0.25) is 8.32 Å². The summed E-state index contributed by atoms with van der Waals surface area (Å²) in [6.07, 6.45) is 0. The van der Waals surface area contributed by atoms with Gasteiger partial charge in [-0.1, -0.05) is 53.7 Å². The minimum absolute atomic E-state index is 0.750. The molecule has 0 aliphatic heterocycles. The van der Waals surface area contributed by atoms with Gasteiger partial charge in [-0.15, -0.1) is 0 Å². The summed E-state index contributed by atoms with van der Waals surface area (Å²) in [7, 11) is -3.06. The largest absolute Gasteiger partial charge is 0.544 e. The normalized spacial score (nSPS) is 12.4. The predicted octanol–water partition coefficient (Wildman–Crippen LogP) is 6.59. The van der Waals surface area contributed by atoms with Gasteiger partial charge < -0.3 is 8.85 Å². The van der Waals surface area contributed by atoms with E-state index < -0.39 is 16.6 Å². The lowest BCUT2D eigenvalue weighted by molar-refractivity contribution is 0.287. The van der Waals surface area contributed by atoms with Crippen LogP contribution in [0.3, 0.4) is 0 Å². The Hall–Kier alpha value is -0.586. The van der Waals surface area contributed by atoms with Gasteiger partial charge in [-0.2, -0.15) is 0 Å². The number of benzene rings is 1. The van der Waals surface area contributed by atoms with E-state index in [1.807, 2.05) is 0 Å². The monoisotopic (exact) mass is 352 g/mol. The SMILES string of the molecule is CC[Si](CC)(CC)OCc1ccc(O[Si](CC)(CC)CC)cc1. The molecule has 132 valence electrons. The number of rotatable bonds is 11. The van der Waals surface area contributed by atoms with E-state index >= 15 is 0 Å². The molecule has 2 nitrogen and oxygen atoms in total. The average Bonchev–Trinajstić information content (AvgIpc) is 2.62. The van der Waals surface area contributed by atoms with E-state index in [4.69, 9.17) is 8.85 Å². The molecule has 23 heavy (non-hydrogen) atoms. The minimum atomic E-state index is -1.57. The van der Waals surface area contributed by atoms with Gasteiger partial charge in [0.15, 0.2) is 8.32 Å². The van der Waals surface area contributed by atoms with Crippen molar-refractivity contribution in [1.82, 2.24) is 0 Å². The van der Waals surface area contributed by atoms with Crippen LogP contribution in [0.1, 0.15) is 47.1 Å². The second-order valence-corrected chi connectivity index (χ2v) is 16.0. The van der Waals surface area contributed by atoms with E-state index in [0.717, 1.165) is 12.4 Å². The van der Waals surface area contributed by atoms with Crippen molar-refractivity contribution in [2.24, 2.45) is 0 Å². The zero-order chi connectivity index (χ0) is 17.3. The lowest BCUT2D eigenvalue weighted by Gasteiger charge is -2.29. The molecule has 0 saturated carbocycles. The second kappa shape index (κ2) is 9.65. The molecule has 0 aliphatic carbocycles. The van der Waals surface area contributed by atoms with E-state index in [0.29, 0.717) is 0 Å². The third-order valence-electron chi connectivity index (χ3n) is 5.67. The molecule has 1 rings (SSSR count). The Kier molecular flexibility index (Phi) is 8.58. The molecule has 4 heteroatoms. The van der Waals surface area contributed by atoms with Crippen LogP contribution in [0.5, 0.6) is 5.75 Å². The third kappa shape index (κ3) is 5.47. The van der Waals surface area contributed by atoms with Crippen LogP contribution in [0.15, 0.2) is 24.3 Å². The van der Waals surface area contributed by atoms with Gasteiger partial charge in [0.25, 0.3) is 0 Å². The number of hydrogen-bond acceptors (Lipinski definition) is 2. The molecule has 1 aromatic carbocycles. The maximum absolute atomic E-state index is 6.42. The Labute approximate surface area is 145 Å². The Morgan fingerprint density at radius 3 is 1.48 bits per heavy atom. The van der Waals surface area contributed by atoms with Crippen molar-refractivity contribution in [1.29, 1.82) is 0 Å². The van der Waals surface area contributed by atoms with Crippen LogP contribution < -0.4 is 4.43 Å². The van der Waals surface area contributed by atoms with Crippen molar-refractivity contribution in [2.75, 3.05) is 0 Å². The zero-order valence-electron chi connectivity index (χ0n) is 16.1. The highest BCUT2D eigenvalue weighted by molar-refractivity contribution is 6.74. The molecule has 0 spiro atoms. The van der Waals surface area contributed by atoms with Crippen LogP contribution in [0, 0.1) is 0 Å². The molecule has 0 radical (unpaired) electrons. The van der Waals surface area contributed by atoms with Gasteiger partial charge in [0.1, 0.15) is 5.75 Å². The lowest BCUT2D eigenvalue weighted by Crippen LogP contribution is -2.39. The van der Waals surface area contributed by atoms with Gasteiger partial charge >= 0.3 is 0 Å². The molecular formula is C19H36O2Si2. The van der Waals surface area contributed by atoms with Crippen LogP contribution in [-0.2, 0) is 11.0 Å². The molecule has 0 amide bonds. The molecule has 0 heterocycles. The maximum Gasteiger partial charge on any atom is 0.250 e. The quantitative estimate of drug-likeness (QED) is 0.418. The van der Waals surface area contributed by atoms with E-state index in [1.54, 1.807) is 0 Å². The fourth-order valence-electron chi connectivity index (χ4n) is 3.16. The first-order valence-electron chi connectivity index (χ1n) is 9.44. The summed E-state index contributed by atoms with van der Waals surface area (Å²) < 4.78 is 12.8. The summed E-state index contributed by atoms with van der Waals surface area (Å²) in [6, 6.07) is 15.8. The summed E-state index contributed by atoms with van der Waals surface area (Å²) >= 11 is 0. The fraction of sp³-hybridized carbons (Fsp3) is 0.684. The van der Waals surface area contributed by atoms with Crippen molar-refractivity contribution in [3.05, 3.63) is 29.8 Å². The van der Waals surface area contributed by atoms with Crippen molar-refractivity contribution in [2.45, 2.75) is 84.4 Å². The van der Waals surface area contributed by atoms with Crippen molar-refractivity contribution < 1.29 is 8.85 Å². The molecule has 0 saturated heterocycles. The van der Waals surface area contributed by atoms with Gasteiger partial charge in [-0.05, 0) is 54.0 Å². The Morgan fingerprint density at radius 1 is 0.652 bits per heavy atom. The van der Waals surface area contributed by atoms with Crippen LogP contribution in [0.4, 0.5) is 0 Å².